The zero-order valence-electron chi connectivity index (χ0n) is 23.6. The minimum atomic E-state index is -4.48. The summed E-state index contributed by atoms with van der Waals surface area (Å²) in [6.07, 6.45) is -4.09. The van der Waals surface area contributed by atoms with Crippen molar-refractivity contribution < 1.29 is 45.4 Å². The molecule has 0 saturated heterocycles. The number of pyridine rings is 1. The van der Waals surface area contributed by atoms with Crippen molar-refractivity contribution in [1.29, 1.82) is 0 Å². The van der Waals surface area contributed by atoms with Crippen LogP contribution in [-0.4, -0.2) is 55.9 Å². The van der Waals surface area contributed by atoms with Crippen LogP contribution in [0.2, 0.25) is 0 Å². The Morgan fingerprint density at radius 3 is 2.28 bits per heavy atom. The number of benzene rings is 2. The molecule has 0 aliphatic carbocycles. The predicted molar refractivity (Wildman–Crippen MR) is 149 cm³/mol. The minimum absolute atomic E-state index is 0.0106. The van der Waals surface area contributed by atoms with E-state index >= 15 is 0 Å². The third-order valence-electron chi connectivity index (χ3n) is 6.32. The van der Waals surface area contributed by atoms with Gasteiger partial charge in [0.25, 0.3) is 5.91 Å². The lowest BCUT2D eigenvalue weighted by Gasteiger charge is -2.27. The number of amides is 2. The average Bonchev–Trinajstić information content (AvgIpc) is 3.00. The summed E-state index contributed by atoms with van der Waals surface area (Å²) >= 11 is 0. The maximum Gasteiger partial charge on any atom is 0.416 e. The van der Waals surface area contributed by atoms with Gasteiger partial charge in [-0.25, -0.2) is 18.0 Å². The molecule has 2 aromatic carbocycles. The monoisotopic (exact) mass is 619 g/mol. The highest BCUT2D eigenvalue weighted by Crippen LogP contribution is 2.34. The largest absolute Gasteiger partial charge is 0.465 e. The number of halogens is 3. The van der Waals surface area contributed by atoms with Gasteiger partial charge in [0, 0.05) is 11.8 Å². The third-order valence-corrected chi connectivity index (χ3v) is 8.11. The molecule has 3 aromatic rings. The Morgan fingerprint density at radius 1 is 1.05 bits per heavy atom. The van der Waals surface area contributed by atoms with Crippen LogP contribution in [0.4, 0.5) is 23.7 Å². The fraction of sp³-hybridized carbons (Fsp3) is 0.310. The van der Waals surface area contributed by atoms with Gasteiger partial charge in [-0.1, -0.05) is 18.2 Å². The molecule has 0 bridgehead atoms. The van der Waals surface area contributed by atoms with Crippen molar-refractivity contribution in [3.63, 3.8) is 0 Å². The quantitative estimate of drug-likeness (QED) is 0.404. The fourth-order valence-corrected chi connectivity index (χ4v) is 5.95. The number of hydrogen-bond acceptors (Lipinski definition) is 8. The van der Waals surface area contributed by atoms with E-state index in [4.69, 9.17) is 9.47 Å². The number of anilines is 1. The first-order valence-electron chi connectivity index (χ1n) is 12.9. The standard InChI is InChI=1S/C29H28F3N3O7S/c1-28(2,3)42-27(38)34-22-16-43(39,40)24-12-8-19(26(37)41-4)13-23(24)35(25(22)36)15-17-5-11-21(33-14-17)18-6-9-20(10-7-18)29(30,31)32/h5-14,22H,15-16H2,1-4H3,(H,34,38)/t22-/m0/s1. The Balaban J connectivity index is 1.71. The third kappa shape index (κ3) is 7.31. The van der Waals surface area contributed by atoms with Crippen molar-refractivity contribution in [3.05, 3.63) is 77.5 Å². The summed E-state index contributed by atoms with van der Waals surface area (Å²) in [6, 6.07) is 9.70. The summed E-state index contributed by atoms with van der Waals surface area (Å²) in [5.41, 5.74) is -0.631. The molecule has 4 rings (SSSR count). The zero-order valence-corrected chi connectivity index (χ0v) is 24.4. The van der Waals surface area contributed by atoms with E-state index in [0.29, 0.717) is 16.8 Å². The Hall–Kier alpha value is -4.46. The molecule has 1 N–H and O–H groups in total. The molecule has 0 spiro atoms. The van der Waals surface area contributed by atoms with E-state index in [-0.39, 0.29) is 22.7 Å². The molecule has 1 aromatic heterocycles. The molecule has 1 atom stereocenters. The van der Waals surface area contributed by atoms with Crippen molar-refractivity contribution >= 4 is 33.5 Å². The van der Waals surface area contributed by atoms with Crippen LogP contribution in [0.5, 0.6) is 0 Å². The second-order valence-electron chi connectivity index (χ2n) is 10.7. The zero-order chi connectivity index (χ0) is 31.7. The van der Waals surface area contributed by atoms with E-state index in [1.54, 1.807) is 32.9 Å². The van der Waals surface area contributed by atoms with Gasteiger partial charge in [-0.3, -0.25) is 9.78 Å². The highest BCUT2D eigenvalue weighted by atomic mass is 32.2. The van der Waals surface area contributed by atoms with Gasteiger partial charge in [-0.2, -0.15) is 13.2 Å². The number of alkyl halides is 3. The highest BCUT2D eigenvalue weighted by molar-refractivity contribution is 7.91. The Labute approximate surface area is 245 Å². The molecule has 0 saturated carbocycles. The van der Waals surface area contributed by atoms with Gasteiger partial charge in [0.05, 0.1) is 46.8 Å². The Kier molecular flexibility index (Phi) is 8.54. The summed E-state index contributed by atoms with van der Waals surface area (Å²) in [5.74, 6) is -2.32. The number of aromatic nitrogens is 1. The Bertz CT molecular complexity index is 1650. The lowest BCUT2D eigenvalue weighted by atomic mass is 10.1. The number of nitrogens with zero attached hydrogens (tertiary/aromatic N) is 2. The molecule has 1 aliphatic heterocycles. The predicted octanol–water partition coefficient (Wildman–Crippen LogP) is 4.77. The summed E-state index contributed by atoms with van der Waals surface area (Å²) in [5, 5.41) is 2.35. The van der Waals surface area contributed by atoms with Crippen molar-refractivity contribution in [1.82, 2.24) is 10.3 Å². The number of carbonyl (C=O) groups is 3. The molecule has 2 heterocycles. The van der Waals surface area contributed by atoms with Crippen LogP contribution in [0.25, 0.3) is 11.3 Å². The molecule has 228 valence electrons. The first-order valence-corrected chi connectivity index (χ1v) is 14.5. The second-order valence-corrected chi connectivity index (χ2v) is 12.7. The van der Waals surface area contributed by atoms with Crippen molar-refractivity contribution in [3.8, 4) is 11.3 Å². The molecular weight excluding hydrogens is 591 g/mol. The average molecular weight is 620 g/mol. The summed E-state index contributed by atoms with van der Waals surface area (Å²) < 4.78 is 75.5. The molecule has 43 heavy (non-hydrogen) atoms. The SMILES string of the molecule is COC(=O)c1ccc2c(c1)N(Cc1ccc(-c3ccc(C(F)(F)F)cc3)nc1)C(=O)[C@@H](NC(=O)OC(C)(C)C)CS2(=O)=O. The summed E-state index contributed by atoms with van der Waals surface area (Å²) in [6.45, 7) is 4.60. The summed E-state index contributed by atoms with van der Waals surface area (Å²) in [7, 11) is -3.01. The van der Waals surface area contributed by atoms with Crippen LogP contribution in [0.15, 0.2) is 65.7 Å². The lowest BCUT2D eigenvalue weighted by molar-refractivity contribution is -0.137. The molecule has 0 fully saturated rings. The maximum absolute atomic E-state index is 13.8. The molecule has 0 radical (unpaired) electrons. The first-order chi connectivity index (χ1) is 20.0. The van der Waals surface area contributed by atoms with Crippen LogP contribution >= 0.6 is 0 Å². The highest BCUT2D eigenvalue weighted by Gasteiger charge is 2.40. The molecular formula is C29H28F3N3O7S. The van der Waals surface area contributed by atoms with E-state index in [1.165, 1.54) is 36.5 Å². The fourth-order valence-electron chi connectivity index (χ4n) is 4.34. The maximum atomic E-state index is 13.8. The normalized spacial score (nSPS) is 16.6. The Morgan fingerprint density at radius 2 is 1.72 bits per heavy atom. The van der Waals surface area contributed by atoms with Gasteiger partial charge in [0.2, 0.25) is 0 Å². The van der Waals surface area contributed by atoms with Crippen molar-refractivity contribution in [2.24, 2.45) is 0 Å². The number of alkyl carbamates (subject to hydrolysis) is 1. The van der Waals surface area contributed by atoms with Crippen LogP contribution in [0.3, 0.4) is 0 Å². The van der Waals surface area contributed by atoms with Crippen LogP contribution in [0, 0.1) is 0 Å². The van der Waals surface area contributed by atoms with Gasteiger partial charge in [0.15, 0.2) is 9.84 Å². The van der Waals surface area contributed by atoms with Gasteiger partial charge in [0.1, 0.15) is 11.6 Å². The summed E-state index contributed by atoms with van der Waals surface area (Å²) in [4.78, 5) is 43.8. The lowest BCUT2D eigenvalue weighted by Crippen LogP contribution is -2.51. The molecule has 0 unspecified atom stereocenters. The van der Waals surface area contributed by atoms with Gasteiger partial charge < -0.3 is 19.7 Å². The number of fused-ring (bicyclic) bond motifs is 1. The van der Waals surface area contributed by atoms with E-state index < -0.39 is 56.9 Å². The number of carbonyl (C=O) groups excluding carboxylic acids is 3. The molecule has 10 nitrogen and oxygen atoms in total. The van der Waals surface area contributed by atoms with Crippen molar-refractivity contribution in [2.75, 3.05) is 17.8 Å². The van der Waals surface area contributed by atoms with E-state index in [0.717, 1.165) is 24.1 Å². The number of ether oxygens (including phenoxy) is 2. The van der Waals surface area contributed by atoms with E-state index in [9.17, 15) is 36.0 Å². The van der Waals surface area contributed by atoms with Crippen LogP contribution in [-0.2, 0) is 36.8 Å². The smallest absolute Gasteiger partial charge is 0.416 e. The molecule has 1 aliphatic rings. The van der Waals surface area contributed by atoms with E-state index in [1.807, 2.05) is 0 Å². The second kappa shape index (κ2) is 11.7. The van der Waals surface area contributed by atoms with Crippen LogP contribution in [0.1, 0.15) is 42.3 Å². The molecule has 14 heteroatoms. The number of esters is 1. The number of rotatable bonds is 5. The van der Waals surface area contributed by atoms with Gasteiger partial charge in [-0.15, -0.1) is 0 Å². The van der Waals surface area contributed by atoms with Gasteiger partial charge >= 0.3 is 18.2 Å². The van der Waals surface area contributed by atoms with Gasteiger partial charge in [-0.05, 0) is 62.7 Å². The van der Waals surface area contributed by atoms with E-state index in [2.05, 4.69) is 10.3 Å². The number of sulfone groups is 1. The topological polar surface area (TPSA) is 132 Å². The first kappa shape index (κ1) is 31.5. The molecule has 2 amide bonds. The minimum Gasteiger partial charge on any atom is -0.465 e. The number of methoxy groups -OCH3 is 1. The van der Waals surface area contributed by atoms with Crippen LogP contribution < -0.4 is 10.2 Å². The number of hydrogen-bond donors (Lipinski definition) is 1. The van der Waals surface area contributed by atoms with Crippen molar-refractivity contribution in [2.45, 2.75) is 50.0 Å². The number of nitrogens with one attached hydrogen (secondary N) is 1.